The number of aromatic amines is 1. The Morgan fingerprint density at radius 2 is 2.10 bits per heavy atom. The van der Waals surface area contributed by atoms with Gasteiger partial charge in [-0.3, -0.25) is 4.68 Å². The van der Waals surface area contributed by atoms with E-state index < -0.39 is 0 Å². The molecule has 4 N–H and O–H groups in total. The Balaban J connectivity index is 1.20. The summed E-state index contributed by atoms with van der Waals surface area (Å²) in [4.78, 5) is 4.19. The lowest BCUT2D eigenvalue weighted by Crippen LogP contribution is -2.27. The lowest BCUT2D eigenvalue weighted by molar-refractivity contribution is 0.218. The maximum Gasteiger partial charge on any atom is 0.178 e. The number of rotatable bonds is 6. The monoisotopic (exact) mass is 408 g/mol. The number of ether oxygens (including phenoxy) is 1. The lowest BCUT2D eigenvalue weighted by atomic mass is 10.1. The Kier molecular flexibility index (Phi) is 4.75. The average Bonchev–Trinajstić information content (AvgIpc) is 3.46. The molecule has 0 aliphatic carbocycles. The van der Waals surface area contributed by atoms with Crippen LogP contribution in [0.3, 0.4) is 0 Å². The van der Waals surface area contributed by atoms with E-state index in [-0.39, 0.29) is 18.0 Å². The Morgan fingerprint density at radius 1 is 1.23 bits per heavy atom. The summed E-state index contributed by atoms with van der Waals surface area (Å²) in [7, 11) is 0. The van der Waals surface area contributed by atoms with Gasteiger partial charge in [-0.2, -0.15) is 5.10 Å². The van der Waals surface area contributed by atoms with Crippen LogP contribution in [0.4, 0.5) is 10.2 Å². The number of nitrogens with one attached hydrogen (secondary N) is 2. The minimum Gasteiger partial charge on any atom is -0.489 e. The van der Waals surface area contributed by atoms with E-state index in [1.807, 2.05) is 16.9 Å². The average molecular weight is 408 g/mol. The van der Waals surface area contributed by atoms with Crippen molar-refractivity contribution in [3.63, 3.8) is 0 Å². The van der Waals surface area contributed by atoms with Gasteiger partial charge in [-0.1, -0.05) is 5.21 Å². The molecule has 1 aliphatic heterocycles. The molecule has 1 saturated heterocycles. The minimum absolute atomic E-state index is 0.0516. The van der Waals surface area contributed by atoms with Crippen molar-refractivity contribution in [2.45, 2.75) is 31.5 Å². The zero-order chi connectivity index (χ0) is 20.5. The number of hydrogen-bond acceptors (Lipinski definition) is 7. The highest BCUT2D eigenvalue weighted by atomic mass is 19.1. The molecule has 0 unspecified atom stereocenters. The number of nitrogen functional groups attached to an aromatic ring is 1. The third kappa shape index (κ3) is 3.94. The van der Waals surface area contributed by atoms with Crippen LogP contribution in [-0.2, 0) is 13.0 Å². The maximum absolute atomic E-state index is 13.0. The molecule has 10 heteroatoms. The molecule has 3 aromatic heterocycles. The van der Waals surface area contributed by atoms with Crippen molar-refractivity contribution in [2.24, 2.45) is 0 Å². The Morgan fingerprint density at radius 3 is 2.97 bits per heavy atom. The Bertz CT molecular complexity index is 1160. The van der Waals surface area contributed by atoms with Crippen molar-refractivity contribution in [1.82, 2.24) is 35.5 Å². The van der Waals surface area contributed by atoms with Gasteiger partial charge in [0.15, 0.2) is 5.65 Å². The normalized spacial score (nSPS) is 18.8. The lowest BCUT2D eigenvalue weighted by Gasteiger charge is -2.13. The van der Waals surface area contributed by atoms with Gasteiger partial charge in [0.1, 0.15) is 29.0 Å². The second-order valence-electron chi connectivity index (χ2n) is 7.46. The minimum atomic E-state index is -0.266. The summed E-state index contributed by atoms with van der Waals surface area (Å²) in [5.41, 5.74) is 9.01. The molecule has 4 aromatic rings. The fraction of sp³-hybridized carbons (Fsp3) is 0.300. The van der Waals surface area contributed by atoms with Crippen molar-refractivity contribution >= 4 is 17.0 Å². The van der Waals surface area contributed by atoms with E-state index in [2.05, 4.69) is 30.8 Å². The smallest absolute Gasteiger partial charge is 0.178 e. The number of halogens is 1. The van der Waals surface area contributed by atoms with Gasteiger partial charge in [-0.25, -0.2) is 14.5 Å². The van der Waals surface area contributed by atoms with Gasteiger partial charge < -0.3 is 15.8 Å². The van der Waals surface area contributed by atoms with E-state index in [9.17, 15) is 4.39 Å². The zero-order valence-electron chi connectivity index (χ0n) is 16.1. The molecule has 1 aromatic carbocycles. The van der Waals surface area contributed by atoms with Crippen LogP contribution in [0.1, 0.15) is 17.7 Å². The summed E-state index contributed by atoms with van der Waals surface area (Å²) in [5, 5.41) is 18.8. The Labute approximate surface area is 171 Å². The summed E-state index contributed by atoms with van der Waals surface area (Å²) in [5.74, 6) is 0.837. The van der Waals surface area contributed by atoms with E-state index in [4.69, 9.17) is 10.5 Å². The molecule has 4 heterocycles. The number of pyridine rings is 1. The number of aromatic nitrogens is 6. The number of benzene rings is 1. The van der Waals surface area contributed by atoms with Crippen LogP contribution in [0.2, 0.25) is 0 Å². The molecule has 9 nitrogen and oxygen atoms in total. The number of hydrogen-bond donors (Lipinski definition) is 3. The molecule has 1 aliphatic rings. The number of H-pyrrole nitrogens is 1. The first-order chi connectivity index (χ1) is 14.6. The highest BCUT2D eigenvalue weighted by Crippen LogP contribution is 2.20. The highest BCUT2D eigenvalue weighted by Gasteiger charge is 2.26. The summed E-state index contributed by atoms with van der Waals surface area (Å²) in [6.07, 6.45) is 3.47. The molecule has 1 fully saturated rings. The molecule has 154 valence electrons. The number of nitrogens with two attached hydrogens (primary N) is 1. The Hall–Kier alpha value is -3.53. The summed E-state index contributed by atoms with van der Waals surface area (Å²) < 4.78 is 20.9. The number of nitrogens with zero attached hydrogens (tertiary/aromatic N) is 5. The van der Waals surface area contributed by atoms with E-state index in [1.165, 1.54) is 12.1 Å². The van der Waals surface area contributed by atoms with Crippen molar-refractivity contribution < 1.29 is 9.13 Å². The molecule has 0 amide bonds. The van der Waals surface area contributed by atoms with Gasteiger partial charge in [-0.05, 0) is 42.0 Å². The van der Waals surface area contributed by atoms with Crippen LogP contribution in [0.25, 0.3) is 11.2 Å². The van der Waals surface area contributed by atoms with Crippen LogP contribution in [0.5, 0.6) is 5.75 Å². The van der Waals surface area contributed by atoms with Gasteiger partial charge in [0.25, 0.3) is 0 Å². The summed E-state index contributed by atoms with van der Waals surface area (Å²) >= 11 is 0. The van der Waals surface area contributed by atoms with Crippen LogP contribution >= 0.6 is 0 Å². The third-order valence-electron chi connectivity index (χ3n) is 5.17. The van der Waals surface area contributed by atoms with Crippen molar-refractivity contribution in [3.8, 4) is 5.75 Å². The van der Waals surface area contributed by atoms with Crippen LogP contribution in [-0.4, -0.2) is 48.9 Å². The first kappa shape index (κ1) is 18.5. The molecular weight excluding hydrogens is 387 g/mol. The molecule has 0 spiro atoms. The molecular formula is C20H21FN8O. The van der Waals surface area contributed by atoms with Gasteiger partial charge in [-0.15, -0.1) is 5.10 Å². The predicted molar refractivity (Wildman–Crippen MR) is 108 cm³/mol. The van der Waals surface area contributed by atoms with Crippen molar-refractivity contribution in [1.29, 1.82) is 0 Å². The van der Waals surface area contributed by atoms with E-state index in [0.717, 1.165) is 30.8 Å². The largest absolute Gasteiger partial charge is 0.489 e. The second kappa shape index (κ2) is 7.71. The zero-order valence-corrected chi connectivity index (χ0v) is 16.1. The molecule has 2 atom stereocenters. The first-order valence-electron chi connectivity index (χ1n) is 9.76. The van der Waals surface area contributed by atoms with E-state index in [1.54, 1.807) is 18.2 Å². The second-order valence-corrected chi connectivity index (χ2v) is 7.46. The molecule has 0 bridgehead atoms. The SMILES string of the molecule is Nc1cc(Cc2ccn(C[C@H]3C[C@H](Oc4ccc(F)cc4)CN3)n2)c2nn[nH]c2n1. The quantitative estimate of drug-likeness (QED) is 0.444. The van der Waals surface area contributed by atoms with Gasteiger partial charge in [0.05, 0.1) is 12.2 Å². The van der Waals surface area contributed by atoms with Crippen LogP contribution in [0, 0.1) is 5.82 Å². The van der Waals surface area contributed by atoms with Crippen LogP contribution < -0.4 is 15.8 Å². The standard InChI is InChI=1S/C20H21FN8O/c21-13-1-3-16(4-2-13)30-17-9-15(23-10-17)11-29-6-5-14(27-29)7-12-8-18(22)24-20-19(12)25-28-26-20/h1-6,8,15,17,23H,7,9-11H2,(H3,22,24,25,26,28)/t15-,17+/m1/s1. The topological polar surface area (TPSA) is 120 Å². The first-order valence-corrected chi connectivity index (χ1v) is 9.76. The van der Waals surface area contributed by atoms with Gasteiger partial charge >= 0.3 is 0 Å². The highest BCUT2D eigenvalue weighted by molar-refractivity contribution is 5.75. The van der Waals surface area contributed by atoms with Crippen molar-refractivity contribution in [2.75, 3.05) is 12.3 Å². The molecule has 0 radical (unpaired) electrons. The van der Waals surface area contributed by atoms with E-state index in [0.29, 0.717) is 29.2 Å². The summed E-state index contributed by atoms with van der Waals surface area (Å²) in [6, 6.07) is 10.2. The van der Waals surface area contributed by atoms with Gasteiger partial charge in [0.2, 0.25) is 0 Å². The van der Waals surface area contributed by atoms with Crippen molar-refractivity contribution in [3.05, 3.63) is 59.7 Å². The predicted octanol–water partition coefficient (Wildman–Crippen LogP) is 1.67. The maximum atomic E-state index is 13.0. The van der Waals surface area contributed by atoms with E-state index >= 15 is 0 Å². The number of fused-ring (bicyclic) bond motifs is 1. The third-order valence-corrected chi connectivity index (χ3v) is 5.17. The van der Waals surface area contributed by atoms with Crippen LogP contribution in [0.15, 0.2) is 42.6 Å². The fourth-order valence-corrected chi connectivity index (χ4v) is 3.80. The summed E-state index contributed by atoms with van der Waals surface area (Å²) in [6.45, 7) is 1.48. The molecule has 30 heavy (non-hydrogen) atoms. The van der Waals surface area contributed by atoms with Gasteiger partial charge in [0, 0.05) is 31.6 Å². The number of anilines is 1. The molecule has 5 rings (SSSR count). The molecule has 0 saturated carbocycles. The fourth-order valence-electron chi connectivity index (χ4n) is 3.80.